The lowest BCUT2D eigenvalue weighted by atomic mass is 10.1. The van der Waals surface area contributed by atoms with Crippen LogP contribution in [-0.4, -0.2) is 45.4 Å². The molecule has 0 aliphatic rings. The lowest BCUT2D eigenvalue weighted by Crippen LogP contribution is -2.40. The average molecular weight is 539 g/mol. The zero-order chi connectivity index (χ0) is 27.1. The maximum Gasteiger partial charge on any atom is 0.253 e. The Balaban J connectivity index is 1.40. The van der Waals surface area contributed by atoms with Gasteiger partial charge in [-0.25, -0.2) is 0 Å². The second kappa shape index (κ2) is 15.4. The number of thioether (sulfide) groups is 1. The highest BCUT2D eigenvalue weighted by atomic mass is 32.2. The number of aromatic nitrogens is 2. The fourth-order valence-corrected chi connectivity index (χ4v) is 5.48. The summed E-state index contributed by atoms with van der Waals surface area (Å²) in [6.07, 6.45) is 9.85. The molecule has 200 valence electrons. The Morgan fingerprint density at radius 2 is 1.38 bits per heavy atom. The molecule has 2 aromatic heterocycles. The molecule has 2 amide bonds. The second-order valence-electron chi connectivity index (χ2n) is 9.37. The predicted molar refractivity (Wildman–Crippen MR) is 158 cm³/mol. The molecule has 0 saturated heterocycles. The quantitative estimate of drug-likeness (QED) is 0.223. The van der Waals surface area contributed by atoms with E-state index in [0.717, 1.165) is 29.5 Å². The number of rotatable bonds is 14. The molecule has 0 spiro atoms. The van der Waals surface area contributed by atoms with E-state index in [-0.39, 0.29) is 23.1 Å². The van der Waals surface area contributed by atoms with Crippen LogP contribution in [0.2, 0.25) is 0 Å². The van der Waals surface area contributed by atoms with Crippen LogP contribution in [0.25, 0.3) is 0 Å². The van der Waals surface area contributed by atoms with Gasteiger partial charge in [0.05, 0.1) is 10.8 Å². The molecule has 0 fully saturated rings. The average Bonchev–Trinajstić information content (AvgIpc) is 2.99. The SMILES string of the molecule is O=C(N[C@H](CS[C@H](Cc1ccccc1)C(=O)NCCCc1cccnc1)Cc1ccccc1)c1cccnc1. The van der Waals surface area contributed by atoms with E-state index in [1.807, 2.05) is 48.7 Å². The van der Waals surface area contributed by atoms with Gasteiger partial charge < -0.3 is 10.6 Å². The van der Waals surface area contributed by atoms with Crippen LogP contribution in [0.15, 0.2) is 110 Å². The Morgan fingerprint density at radius 3 is 2.03 bits per heavy atom. The number of benzene rings is 2. The zero-order valence-corrected chi connectivity index (χ0v) is 22.7. The number of carbonyl (C=O) groups is 2. The van der Waals surface area contributed by atoms with Gasteiger partial charge in [0.25, 0.3) is 5.91 Å². The standard InChI is InChI=1S/C32H34N4O2S/c37-31(28-16-9-18-34-23-28)36-29(20-25-10-3-1-4-11-25)24-39-30(21-26-12-5-2-6-13-26)32(38)35-19-8-15-27-14-7-17-33-22-27/h1-7,9-14,16-18,22-23,29-30H,8,15,19-21,24H2,(H,35,38)(H,36,37)/t29-,30+/m0/s1. The predicted octanol–water partition coefficient (Wildman–Crippen LogP) is 4.91. The summed E-state index contributed by atoms with van der Waals surface area (Å²) >= 11 is 1.59. The first-order valence-corrected chi connectivity index (χ1v) is 14.3. The molecule has 0 aliphatic carbocycles. The summed E-state index contributed by atoms with van der Waals surface area (Å²) in [5.74, 6) is 0.456. The van der Waals surface area contributed by atoms with E-state index in [9.17, 15) is 9.59 Å². The number of carbonyl (C=O) groups excluding carboxylic acids is 2. The van der Waals surface area contributed by atoms with Crippen molar-refractivity contribution >= 4 is 23.6 Å². The molecule has 0 bridgehead atoms. The Kier molecular flexibility index (Phi) is 11.1. The summed E-state index contributed by atoms with van der Waals surface area (Å²) in [5, 5.41) is 6.03. The molecule has 4 aromatic rings. The van der Waals surface area contributed by atoms with Crippen molar-refractivity contribution in [3.63, 3.8) is 0 Å². The zero-order valence-electron chi connectivity index (χ0n) is 21.9. The van der Waals surface area contributed by atoms with Gasteiger partial charge in [-0.1, -0.05) is 66.7 Å². The largest absolute Gasteiger partial charge is 0.355 e. The molecule has 0 radical (unpaired) electrons. The highest BCUT2D eigenvalue weighted by molar-refractivity contribution is 8.00. The topological polar surface area (TPSA) is 84.0 Å². The van der Waals surface area contributed by atoms with Crippen molar-refractivity contribution < 1.29 is 9.59 Å². The molecule has 39 heavy (non-hydrogen) atoms. The van der Waals surface area contributed by atoms with Gasteiger partial charge in [-0.05, 0) is 60.6 Å². The Hall–Kier alpha value is -3.97. The van der Waals surface area contributed by atoms with Crippen LogP contribution in [0.5, 0.6) is 0 Å². The van der Waals surface area contributed by atoms with Gasteiger partial charge in [-0.2, -0.15) is 0 Å². The van der Waals surface area contributed by atoms with E-state index >= 15 is 0 Å². The van der Waals surface area contributed by atoms with Gasteiger partial charge >= 0.3 is 0 Å². The Labute approximate surface area is 234 Å². The number of amides is 2. The van der Waals surface area contributed by atoms with Crippen LogP contribution in [0.4, 0.5) is 0 Å². The highest BCUT2D eigenvalue weighted by Gasteiger charge is 2.23. The molecule has 2 heterocycles. The van der Waals surface area contributed by atoms with Crippen molar-refractivity contribution in [3.05, 3.63) is 132 Å². The summed E-state index contributed by atoms with van der Waals surface area (Å²) in [6, 6.07) is 27.5. The van der Waals surface area contributed by atoms with Crippen LogP contribution in [0.1, 0.15) is 33.5 Å². The number of aryl methyl sites for hydroxylation is 1. The second-order valence-corrected chi connectivity index (χ2v) is 10.6. The van der Waals surface area contributed by atoms with Crippen LogP contribution in [0.3, 0.4) is 0 Å². The number of nitrogens with zero attached hydrogens (tertiary/aromatic N) is 2. The van der Waals surface area contributed by atoms with Gasteiger partial charge in [0.1, 0.15) is 0 Å². The third-order valence-electron chi connectivity index (χ3n) is 6.30. The van der Waals surface area contributed by atoms with Crippen molar-refractivity contribution in [2.45, 2.75) is 37.0 Å². The fourth-order valence-electron chi connectivity index (χ4n) is 4.27. The van der Waals surface area contributed by atoms with Gasteiger partial charge in [0.15, 0.2) is 0 Å². The molecule has 2 atom stereocenters. The number of hydrogen-bond donors (Lipinski definition) is 2. The van der Waals surface area contributed by atoms with Gasteiger partial charge in [-0.3, -0.25) is 19.6 Å². The van der Waals surface area contributed by atoms with Crippen LogP contribution >= 0.6 is 11.8 Å². The first-order chi connectivity index (χ1) is 19.2. The lowest BCUT2D eigenvalue weighted by Gasteiger charge is -2.22. The first-order valence-electron chi connectivity index (χ1n) is 13.2. The summed E-state index contributed by atoms with van der Waals surface area (Å²) in [6.45, 7) is 0.602. The van der Waals surface area contributed by atoms with Crippen LogP contribution < -0.4 is 10.6 Å². The monoisotopic (exact) mass is 538 g/mol. The van der Waals surface area contributed by atoms with Gasteiger partial charge in [0, 0.05) is 43.1 Å². The van der Waals surface area contributed by atoms with Crippen molar-refractivity contribution in [2.75, 3.05) is 12.3 Å². The van der Waals surface area contributed by atoms with Crippen molar-refractivity contribution in [1.29, 1.82) is 0 Å². The third kappa shape index (κ3) is 9.69. The first kappa shape index (κ1) is 28.0. The molecule has 0 saturated carbocycles. The number of hydrogen-bond acceptors (Lipinski definition) is 5. The smallest absolute Gasteiger partial charge is 0.253 e. The summed E-state index contributed by atoms with van der Waals surface area (Å²) < 4.78 is 0. The molecule has 0 unspecified atom stereocenters. The van der Waals surface area contributed by atoms with Crippen molar-refractivity contribution in [3.8, 4) is 0 Å². The fraction of sp³-hybridized carbons (Fsp3) is 0.250. The molecule has 2 N–H and O–H groups in total. The molecule has 4 rings (SSSR count). The van der Waals surface area contributed by atoms with E-state index in [0.29, 0.717) is 30.7 Å². The molecule has 0 aliphatic heterocycles. The van der Waals surface area contributed by atoms with E-state index in [4.69, 9.17) is 0 Å². The summed E-state index contributed by atoms with van der Waals surface area (Å²) in [4.78, 5) is 34.5. The molecule has 7 heteroatoms. The molecule has 2 aromatic carbocycles. The van der Waals surface area contributed by atoms with E-state index in [1.165, 1.54) is 0 Å². The Bertz CT molecular complexity index is 1270. The minimum Gasteiger partial charge on any atom is -0.355 e. The number of pyridine rings is 2. The minimum absolute atomic E-state index is 0.0205. The lowest BCUT2D eigenvalue weighted by molar-refractivity contribution is -0.120. The maximum atomic E-state index is 13.3. The third-order valence-corrected chi connectivity index (χ3v) is 7.68. The normalized spacial score (nSPS) is 12.3. The molecular formula is C32H34N4O2S. The summed E-state index contributed by atoms with van der Waals surface area (Å²) in [7, 11) is 0. The minimum atomic E-state index is -0.278. The maximum absolute atomic E-state index is 13.3. The summed E-state index contributed by atoms with van der Waals surface area (Å²) in [5.41, 5.74) is 3.93. The van der Waals surface area contributed by atoms with Crippen LogP contribution in [-0.2, 0) is 24.1 Å². The van der Waals surface area contributed by atoms with E-state index in [1.54, 1.807) is 42.5 Å². The van der Waals surface area contributed by atoms with Crippen molar-refractivity contribution in [2.24, 2.45) is 0 Å². The number of nitrogens with one attached hydrogen (secondary N) is 2. The molecule has 6 nitrogen and oxygen atoms in total. The van der Waals surface area contributed by atoms with Gasteiger partial charge in [-0.15, -0.1) is 11.8 Å². The molecular weight excluding hydrogens is 504 g/mol. The van der Waals surface area contributed by atoms with Gasteiger partial charge in [0.2, 0.25) is 5.91 Å². The van der Waals surface area contributed by atoms with Crippen LogP contribution in [0, 0.1) is 0 Å². The Morgan fingerprint density at radius 1 is 0.744 bits per heavy atom. The van der Waals surface area contributed by atoms with E-state index < -0.39 is 0 Å². The van der Waals surface area contributed by atoms with Crippen molar-refractivity contribution in [1.82, 2.24) is 20.6 Å². The highest BCUT2D eigenvalue weighted by Crippen LogP contribution is 2.20. The van der Waals surface area contributed by atoms with E-state index in [2.05, 4.69) is 50.9 Å².